The van der Waals surface area contributed by atoms with Gasteiger partial charge in [-0.3, -0.25) is 0 Å². The number of methoxy groups -OCH3 is 1. The van der Waals surface area contributed by atoms with Gasteiger partial charge in [0.1, 0.15) is 5.75 Å². The zero-order valence-corrected chi connectivity index (χ0v) is 12.5. The van der Waals surface area contributed by atoms with Crippen LogP contribution in [0.5, 0.6) is 5.75 Å². The molecule has 0 aromatic heterocycles. The smallest absolute Gasteiger partial charge is 0.124 e. The molecule has 1 rings (SSSR count). The second kappa shape index (κ2) is 9.82. The van der Waals surface area contributed by atoms with Gasteiger partial charge in [0.2, 0.25) is 0 Å². The van der Waals surface area contributed by atoms with Gasteiger partial charge in [-0.05, 0) is 31.2 Å². The molecule has 0 fully saturated rings. The maximum absolute atomic E-state index is 5.74. The van der Waals surface area contributed by atoms with E-state index < -0.39 is 0 Å². The van der Waals surface area contributed by atoms with Crippen molar-refractivity contribution >= 4 is 0 Å². The average molecular weight is 265 g/mol. The Morgan fingerprint density at radius 1 is 1.16 bits per heavy atom. The lowest BCUT2D eigenvalue weighted by Gasteiger charge is -2.11. The van der Waals surface area contributed by atoms with Crippen LogP contribution in [0.4, 0.5) is 0 Å². The topological polar surface area (TPSA) is 30.5 Å². The lowest BCUT2D eigenvalue weighted by molar-refractivity contribution is 0.115. The Balaban J connectivity index is 2.43. The van der Waals surface area contributed by atoms with Crippen LogP contribution in [0.3, 0.4) is 0 Å². The Hall–Kier alpha value is -1.06. The van der Waals surface area contributed by atoms with Crippen molar-refractivity contribution in [2.75, 3.05) is 20.8 Å². The molecule has 0 radical (unpaired) electrons. The molecule has 0 saturated heterocycles. The summed E-state index contributed by atoms with van der Waals surface area (Å²) in [4.78, 5) is 0. The third kappa shape index (κ3) is 6.08. The number of benzene rings is 1. The molecule has 0 unspecified atom stereocenters. The maximum Gasteiger partial charge on any atom is 0.124 e. The standard InChI is InChI=1S/C16H27NO2/c1-4-5-6-7-10-19-13-15-11-14(12-17-2)8-9-16(15)18-3/h8-9,11,17H,4-7,10,12-13H2,1-3H3. The molecule has 0 spiro atoms. The molecule has 0 aliphatic carbocycles. The number of unbranched alkanes of at least 4 members (excludes halogenated alkanes) is 3. The highest BCUT2D eigenvalue weighted by Gasteiger charge is 2.04. The minimum Gasteiger partial charge on any atom is -0.496 e. The van der Waals surface area contributed by atoms with Crippen LogP contribution < -0.4 is 10.1 Å². The number of nitrogens with one attached hydrogen (secondary N) is 1. The summed E-state index contributed by atoms with van der Waals surface area (Å²) >= 11 is 0. The summed E-state index contributed by atoms with van der Waals surface area (Å²) in [6.45, 7) is 4.55. The first-order chi connectivity index (χ1) is 9.31. The highest BCUT2D eigenvalue weighted by atomic mass is 16.5. The molecule has 0 amide bonds. The molecular formula is C16H27NO2. The van der Waals surface area contributed by atoms with Crippen LogP contribution in [-0.2, 0) is 17.9 Å². The quantitative estimate of drug-likeness (QED) is 0.657. The van der Waals surface area contributed by atoms with E-state index in [1.165, 1.54) is 24.8 Å². The van der Waals surface area contributed by atoms with Gasteiger partial charge in [0, 0.05) is 18.7 Å². The van der Waals surface area contributed by atoms with Crippen LogP contribution in [0.2, 0.25) is 0 Å². The first-order valence-corrected chi connectivity index (χ1v) is 7.20. The third-order valence-electron chi connectivity index (χ3n) is 3.13. The summed E-state index contributed by atoms with van der Waals surface area (Å²) in [5.74, 6) is 0.911. The molecule has 1 aromatic carbocycles. The molecule has 19 heavy (non-hydrogen) atoms. The van der Waals surface area contributed by atoms with E-state index in [0.717, 1.165) is 30.9 Å². The highest BCUT2D eigenvalue weighted by molar-refractivity contribution is 5.36. The molecule has 3 heteroatoms. The van der Waals surface area contributed by atoms with Crippen molar-refractivity contribution < 1.29 is 9.47 Å². The number of hydrogen-bond donors (Lipinski definition) is 1. The monoisotopic (exact) mass is 265 g/mol. The van der Waals surface area contributed by atoms with Crippen LogP contribution in [0.25, 0.3) is 0 Å². The van der Waals surface area contributed by atoms with Gasteiger partial charge in [-0.1, -0.05) is 32.3 Å². The van der Waals surface area contributed by atoms with E-state index in [1.807, 2.05) is 13.1 Å². The van der Waals surface area contributed by atoms with E-state index in [-0.39, 0.29) is 0 Å². The molecule has 108 valence electrons. The van der Waals surface area contributed by atoms with Gasteiger partial charge in [0.15, 0.2) is 0 Å². The SMILES string of the molecule is CCCCCCOCc1cc(CNC)ccc1OC. The minimum absolute atomic E-state index is 0.632. The fourth-order valence-electron chi connectivity index (χ4n) is 2.07. The second-order valence-electron chi connectivity index (χ2n) is 4.79. The van der Waals surface area contributed by atoms with Crippen LogP contribution in [0.15, 0.2) is 18.2 Å². The Kier molecular flexibility index (Phi) is 8.26. The Bertz CT molecular complexity index is 353. The van der Waals surface area contributed by atoms with E-state index in [4.69, 9.17) is 9.47 Å². The zero-order chi connectivity index (χ0) is 13.9. The summed E-state index contributed by atoms with van der Waals surface area (Å²) in [5, 5.41) is 3.16. The van der Waals surface area contributed by atoms with Crippen LogP contribution in [-0.4, -0.2) is 20.8 Å². The lowest BCUT2D eigenvalue weighted by atomic mass is 10.1. The van der Waals surface area contributed by atoms with E-state index in [9.17, 15) is 0 Å². The van der Waals surface area contributed by atoms with Crippen molar-refractivity contribution in [3.05, 3.63) is 29.3 Å². The minimum atomic E-state index is 0.632. The van der Waals surface area contributed by atoms with Crippen molar-refractivity contribution in [2.24, 2.45) is 0 Å². The van der Waals surface area contributed by atoms with Gasteiger partial charge in [-0.25, -0.2) is 0 Å². The van der Waals surface area contributed by atoms with Crippen molar-refractivity contribution in [1.82, 2.24) is 5.32 Å². The number of hydrogen-bond acceptors (Lipinski definition) is 3. The summed E-state index contributed by atoms with van der Waals surface area (Å²) in [6.07, 6.45) is 4.96. The average Bonchev–Trinajstić information content (AvgIpc) is 2.43. The van der Waals surface area contributed by atoms with Crippen molar-refractivity contribution in [2.45, 2.75) is 45.8 Å². The van der Waals surface area contributed by atoms with Crippen LogP contribution in [0, 0.1) is 0 Å². The predicted molar refractivity (Wildman–Crippen MR) is 79.6 cm³/mol. The fourth-order valence-corrected chi connectivity index (χ4v) is 2.07. The number of ether oxygens (including phenoxy) is 2. The van der Waals surface area contributed by atoms with Gasteiger partial charge in [-0.15, -0.1) is 0 Å². The molecule has 1 N–H and O–H groups in total. The van der Waals surface area contributed by atoms with Gasteiger partial charge in [-0.2, -0.15) is 0 Å². The van der Waals surface area contributed by atoms with Gasteiger partial charge in [0.25, 0.3) is 0 Å². The van der Waals surface area contributed by atoms with Crippen molar-refractivity contribution in [1.29, 1.82) is 0 Å². The highest BCUT2D eigenvalue weighted by Crippen LogP contribution is 2.21. The molecule has 0 aliphatic heterocycles. The van der Waals surface area contributed by atoms with E-state index in [1.54, 1.807) is 7.11 Å². The van der Waals surface area contributed by atoms with E-state index >= 15 is 0 Å². The summed E-state index contributed by atoms with van der Waals surface area (Å²) in [5.41, 5.74) is 2.39. The second-order valence-corrected chi connectivity index (χ2v) is 4.79. The molecule has 0 saturated carbocycles. The largest absolute Gasteiger partial charge is 0.496 e. The third-order valence-corrected chi connectivity index (χ3v) is 3.13. The predicted octanol–water partition coefficient (Wildman–Crippen LogP) is 3.51. The van der Waals surface area contributed by atoms with Gasteiger partial charge in [0.05, 0.1) is 13.7 Å². The lowest BCUT2D eigenvalue weighted by Crippen LogP contribution is -2.06. The molecule has 0 bridgehead atoms. The van der Waals surface area contributed by atoms with Gasteiger partial charge >= 0.3 is 0 Å². The normalized spacial score (nSPS) is 10.7. The summed E-state index contributed by atoms with van der Waals surface area (Å²) in [6, 6.07) is 6.25. The molecular weight excluding hydrogens is 238 g/mol. The number of rotatable bonds is 10. The van der Waals surface area contributed by atoms with Crippen LogP contribution >= 0.6 is 0 Å². The van der Waals surface area contributed by atoms with E-state index in [0.29, 0.717) is 6.61 Å². The Morgan fingerprint density at radius 3 is 2.68 bits per heavy atom. The molecule has 0 atom stereocenters. The Morgan fingerprint density at radius 2 is 2.00 bits per heavy atom. The van der Waals surface area contributed by atoms with Gasteiger partial charge < -0.3 is 14.8 Å². The van der Waals surface area contributed by atoms with Crippen molar-refractivity contribution in [3.63, 3.8) is 0 Å². The molecule has 1 aromatic rings. The fraction of sp³-hybridized carbons (Fsp3) is 0.625. The van der Waals surface area contributed by atoms with Crippen LogP contribution in [0.1, 0.15) is 43.7 Å². The first-order valence-electron chi connectivity index (χ1n) is 7.20. The molecule has 3 nitrogen and oxygen atoms in total. The Labute approximate surface area is 117 Å². The molecule has 0 heterocycles. The molecule has 0 aliphatic rings. The summed E-state index contributed by atoms with van der Waals surface area (Å²) < 4.78 is 11.1. The first kappa shape index (κ1) is 16.0. The maximum atomic E-state index is 5.74. The van der Waals surface area contributed by atoms with E-state index in [2.05, 4.69) is 24.4 Å². The summed E-state index contributed by atoms with van der Waals surface area (Å²) in [7, 11) is 3.66. The zero-order valence-electron chi connectivity index (χ0n) is 12.5. The van der Waals surface area contributed by atoms with Crippen molar-refractivity contribution in [3.8, 4) is 5.75 Å².